The Balaban J connectivity index is 1.41. The van der Waals surface area contributed by atoms with Crippen LogP contribution in [0, 0.1) is 0 Å². The van der Waals surface area contributed by atoms with Crippen LogP contribution in [0.5, 0.6) is 5.75 Å². The second-order valence-electron chi connectivity index (χ2n) is 11.7. The normalized spacial score (nSPS) is 13.4. The average molecular weight is 604 g/mol. The molecule has 0 atom stereocenters. The Hall–Kier alpha value is -4.71. The molecule has 44 heavy (non-hydrogen) atoms. The number of nitrogens with one attached hydrogen (secondary N) is 1. The van der Waals surface area contributed by atoms with Crippen molar-refractivity contribution in [1.82, 2.24) is 19.8 Å². The smallest absolute Gasteiger partial charge is 0.410 e. The Morgan fingerprint density at radius 3 is 2.50 bits per heavy atom. The highest BCUT2D eigenvalue weighted by Crippen LogP contribution is 2.27. The van der Waals surface area contributed by atoms with Gasteiger partial charge in [-0.3, -0.25) is 19.5 Å². The van der Waals surface area contributed by atoms with Gasteiger partial charge < -0.3 is 29.5 Å². The van der Waals surface area contributed by atoms with Crippen LogP contribution in [0.2, 0.25) is 0 Å². The Bertz CT molecular complexity index is 1430. The fourth-order valence-corrected chi connectivity index (χ4v) is 4.56. The number of benzene rings is 1. The monoisotopic (exact) mass is 603 g/mol. The van der Waals surface area contributed by atoms with Crippen molar-refractivity contribution in [3.8, 4) is 5.75 Å². The molecular weight excluding hydrogens is 562 g/mol. The molecule has 12 heteroatoms. The zero-order valence-corrected chi connectivity index (χ0v) is 26.0. The molecule has 4 rings (SSSR count). The van der Waals surface area contributed by atoms with Crippen LogP contribution in [0.15, 0.2) is 60.9 Å². The summed E-state index contributed by atoms with van der Waals surface area (Å²) in [5.41, 5.74) is 1.77. The first kappa shape index (κ1) is 32.2. The van der Waals surface area contributed by atoms with Crippen LogP contribution >= 0.6 is 0 Å². The summed E-state index contributed by atoms with van der Waals surface area (Å²) in [6, 6.07) is 14.3. The summed E-state index contributed by atoms with van der Waals surface area (Å²) in [7, 11) is 3.96. The number of piperazine rings is 1. The van der Waals surface area contributed by atoms with E-state index in [4.69, 9.17) is 9.47 Å². The SMILES string of the molecule is CN(C)CCOc1cccc(CN(C=O)c2cccc(C(=O)Nc3cnccc3N3CCN(C(=O)OC(C)(C)C)CC3)n2)c1. The summed E-state index contributed by atoms with van der Waals surface area (Å²) < 4.78 is 11.3. The van der Waals surface area contributed by atoms with Crippen LogP contribution in [0.3, 0.4) is 0 Å². The zero-order chi connectivity index (χ0) is 31.7. The quantitative estimate of drug-likeness (QED) is 0.326. The highest BCUT2D eigenvalue weighted by Gasteiger charge is 2.27. The van der Waals surface area contributed by atoms with Crippen molar-refractivity contribution in [3.05, 3.63) is 72.2 Å². The van der Waals surface area contributed by atoms with Crippen molar-refractivity contribution >= 4 is 35.6 Å². The Morgan fingerprint density at radius 1 is 1.05 bits per heavy atom. The predicted molar refractivity (Wildman–Crippen MR) is 169 cm³/mol. The van der Waals surface area contributed by atoms with Crippen molar-refractivity contribution in [2.75, 3.05) is 68.5 Å². The van der Waals surface area contributed by atoms with E-state index >= 15 is 0 Å². The van der Waals surface area contributed by atoms with E-state index in [1.807, 2.05) is 70.1 Å². The Labute approximate surface area is 258 Å². The minimum Gasteiger partial charge on any atom is -0.492 e. The third kappa shape index (κ3) is 9.14. The van der Waals surface area contributed by atoms with Gasteiger partial charge in [0.15, 0.2) is 0 Å². The summed E-state index contributed by atoms with van der Waals surface area (Å²) in [5, 5.41) is 2.92. The second kappa shape index (κ2) is 14.6. The average Bonchev–Trinajstić information content (AvgIpc) is 2.99. The highest BCUT2D eigenvalue weighted by atomic mass is 16.6. The second-order valence-corrected chi connectivity index (χ2v) is 11.7. The van der Waals surface area contributed by atoms with Gasteiger partial charge in [0.2, 0.25) is 6.41 Å². The van der Waals surface area contributed by atoms with Crippen LogP contribution in [0.4, 0.5) is 22.0 Å². The third-order valence-corrected chi connectivity index (χ3v) is 6.77. The number of carbonyl (C=O) groups excluding carboxylic acids is 3. The molecule has 1 aliphatic rings. The van der Waals surface area contributed by atoms with Gasteiger partial charge >= 0.3 is 6.09 Å². The number of nitrogens with zero attached hydrogens (tertiary/aromatic N) is 6. The number of hydrogen-bond acceptors (Lipinski definition) is 9. The molecule has 3 heterocycles. The van der Waals surface area contributed by atoms with E-state index in [0.717, 1.165) is 23.5 Å². The largest absolute Gasteiger partial charge is 0.492 e. The first-order valence-corrected chi connectivity index (χ1v) is 14.6. The van der Waals surface area contributed by atoms with Crippen molar-refractivity contribution < 1.29 is 23.9 Å². The molecule has 0 unspecified atom stereocenters. The number of ether oxygens (including phenoxy) is 2. The molecule has 1 aromatic carbocycles. The van der Waals surface area contributed by atoms with Gasteiger partial charge in [-0.15, -0.1) is 0 Å². The van der Waals surface area contributed by atoms with E-state index in [-0.39, 0.29) is 18.3 Å². The minimum atomic E-state index is -0.559. The van der Waals surface area contributed by atoms with Gasteiger partial charge in [-0.25, -0.2) is 9.78 Å². The molecule has 1 aliphatic heterocycles. The van der Waals surface area contributed by atoms with Crippen LogP contribution in [-0.4, -0.2) is 97.2 Å². The lowest BCUT2D eigenvalue weighted by Crippen LogP contribution is -2.50. The molecule has 3 amide bonds. The van der Waals surface area contributed by atoms with E-state index < -0.39 is 11.5 Å². The summed E-state index contributed by atoms with van der Waals surface area (Å²) in [5.74, 6) is 0.627. The van der Waals surface area contributed by atoms with Crippen molar-refractivity contribution in [3.63, 3.8) is 0 Å². The number of likely N-dealkylation sites (N-methyl/N-ethyl adjacent to an activating group) is 1. The molecule has 2 aromatic heterocycles. The summed E-state index contributed by atoms with van der Waals surface area (Å²) in [4.78, 5) is 53.8. The number of hydrogen-bond donors (Lipinski definition) is 1. The molecule has 0 aliphatic carbocycles. The minimum absolute atomic E-state index is 0.152. The number of carbonyl (C=O) groups is 3. The third-order valence-electron chi connectivity index (χ3n) is 6.77. The molecule has 0 bridgehead atoms. The maximum atomic E-state index is 13.3. The maximum absolute atomic E-state index is 13.3. The summed E-state index contributed by atoms with van der Waals surface area (Å²) in [6.07, 6.45) is 3.60. The molecule has 0 spiro atoms. The van der Waals surface area contributed by atoms with Crippen LogP contribution in [-0.2, 0) is 16.1 Å². The van der Waals surface area contributed by atoms with Gasteiger partial charge in [-0.05, 0) is 70.8 Å². The first-order chi connectivity index (χ1) is 21.0. The number of aromatic nitrogens is 2. The lowest BCUT2D eigenvalue weighted by molar-refractivity contribution is -0.107. The predicted octanol–water partition coefficient (Wildman–Crippen LogP) is 3.89. The number of rotatable bonds is 11. The van der Waals surface area contributed by atoms with E-state index in [9.17, 15) is 14.4 Å². The van der Waals surface area contributed by atoms with Crippen molar-refractivity contribution in [2.45, 2.75) is 32.9 Å². The molecule has 3 aromatic rings. The fourth-order valence-electron chi connectivity index (χ4n) is 4.56. The Morgan fingerprint density at radius 2 is 1.80 bits per heavy atom. The van der Waals surface area contributed by atoms with E-state index in [0.29, 0.717) is 50.7 Å². The lowest BCUT2D eigenvalue weighted by Gasteiger charge is -2.37. The maximum Gasteiger partial charge on any atom is 0.410 e. The van der Waals surface area contributed by atoms with E-state index in [2.05, 4.69) is 20.2 Å². The van der Waals surface area contributed by atoms with Gasteiger partial charge in [0, 0.05) is 38.9 Å². The van der Waals surface area contributed by atoms with Gasteiger partial charge in [0.1, 0.15) is 29.5 Å². The standard InChI is InChI=1S/C32H41N7O5/c1-32(2,3)44-31(42)38-16-14-37(15-17-38)28-12-13-33-21-27(28)35-30(41)26-10-7-11-29(34-26)39(23-40)22-24-8-6-9-25(20-24)43-19-18-36(4)5/h6-13,20-21,23H,14-19,22H2,1-5H3,(H,35,41). The molecule has 12 nitrogen and oxygen atoms in total. The Kier molecular flexibility index (Phi) is 10.7. The molecule has 0 radical (unpaired) electrons. The van der Waals surface area contributed by atoms with Crippen molar-refractivity contribution in [2.24, 2.45) is 0 Å². The summed E-state index contributed by atoms with van der Waals surface area (Å²) >= 11 is 0. The van der Waals surface area contributed by atoms with Gasteiger partial charge in [0.05, 0.1) is 24.1 Å². The van der Waals surface area contributed by atoms with Crippen molar-refractivity contribution in [1.29, 1.82) is 0 Å². The fraction of sp³-hybridized carbons (Fsp3) is 0.406. The molecule has 234 valence electrons. The van der Waals surface area contributed by atoms with Gasteiger partial charge in [-0.1, -0.05) is 18.2 Å². The number of anilines is 3. The highest BCUT2D eigenvalue weighted by molar-refractivity contribution is 6.04. The number of pyridine rings is 2. The molecular formula is C32H41N7O5. The van der Waals surface area contributed by atoms with Gasteiger partial charge in [-0.2, -0.15) is 0 Å². The lowest BCUT2D eigenvalue weighted by atomic mass is 10.2. The molecule has 1 fully saturated rings. The van der Waals surface area contributed by atoms with Crippen LogP contribution in [0.1, 0.15) is 36.8 Å². The topological polar surface area (TPSA) is 120 Å². The number of amides is 3. The summed E-state index contributed by atoms with van der Waals surface area (Å²) in [6.45, 7) is 9.23. The molecule has 0 saturated carbocycles. The molecule has 1 N–H and O–H groups in total. The first-order valence-electron chi connectivity index (χ1n) is 14.6. The van der Waals surface area contributed by atoms with E-state index in [1.165, 1.54) is 4.90 Å². The van der Waals surface area contributed by atoms with Gasteiger partial charge in [0.25, 0.3) is 5.91 Å². The van der Waals surface area contributed by atoms with Crippen LogP contribution in [0.25, 0.3) is 0 Å². The zero-order valence-electron chi connectivity index (χ0n) is 26.0. The van der Waals surface area contributed by atoms with Crippen LogP contribution < -0.4 is 19.9 Å². The molecule has 1 saturated heterocycles. The van der Waals surface area contributed by atoms with E-state index in [1.54, 1.807) is 35.5 Å².